The van der Waals surface area contributed by atoms with Crippen molar-refractivity contribution in [1.82, 2.24) is 20.4 Å². The summed E-state index contributed by atoms with van der Waals surface area (Å²) >= 11 is 18.4. The first-order chi connectivity index (χ1) is 18.8. The van der Waals surface area contributed by atoms with Gasteiger partial charge in [-0.15, -0.1) is 0 Å². The smallest absolute Gasteiger partial charge is 0.242 e. The Morgan fingerprint density at radius 3 is 2.46 bits per heavy atom. The number of aromatic nitrogens is 2. The fraction of sp³-hybridized carbons (Fsp3) is 0.207. The first-order valence-corrected chi connectivity index (χ1v) is 13.5. The average Bonchev–Trinajstić information content (AvgIpc) is 3.36. The molecule has 0 bridgehead atoms. The number of ether oxygens (including phenoxy) is 1. The van der Waals surface area contributed by atoms with Crippen LogP contribution >= 0.6 is 34.8 Å². The Morgan fingerprint density at radius 1 is 0.949 bits per heavy atom. The van der Waals surface area contributed by atoms with Crippen LogP contribution in [0.2, 0.25) is 15.1 Å². The Balaban J connectivity index is 1.40. The maximum atomic E-state index is 12.7. The van der Waals surface area contributed by atoms with Gasteiger partial charge in [-0.25, -0.2) is 4.68 Å². The third kappa shape index (κ3) is 7.76. The molecule has 1 aromatic heterocycles. The highest BCUT2D eigenvalue weighted by molar-refractivity contribution is 6.42. The second-order valence-electron chi connectivity index (χ2n) is 8.76. The fourth-order valence-corrected chi connectivity index (χ4v) is 4.48. The molecule has 0 saturated heterocycles. The molecule has 202 valence electrons. The van der Waals surface area contributed by atoms with Crippen LogP contribution in [0.4, 0.5) is 0 Å². The van der Waals surface area contributed by atoms with Crippen molar-refractivity contribution in [3.63, 3.8) is 0 Å². The molecule has 39 heavy (non-hydrogen) atoms. The van der Waals surface area contributed by atoms with Crippen LogP contribution in [-0.2, 0) is 16.0 Å². The number of likely N-dealkylation sites (N-methyl/N-ethyl adjacent to an activating group) is 1. The molecule has 0 aliphatic heterocycles. The van der Waals surface area contributed by atoms with E-state index in [1.807, 2.05) is 48.5 Å². The zero-order valence-electron chi connectivity index (χ0n) is 21.2. The molecule has 10 heteroatoms. The minimum atomic E-state index is -0.716. The highest BCUT2D eigenvalue weighted by Crippen LogP contribution is 2.30. The van der Waals surface area contributed by atoms with E-state index in [4.69, 9.17) is 44.6 Å². The van der Waals surface area contributed by atoms with Crippen LogP contribution in [0.25, 0.3) is 16.9 Å². The van der Waals surface area contributed by atoms with E-state index in [0.717, 1.165) is 16.8 Å². The Bertz CT molecular complexity index is 1440. The van der Waals surface area contributed by atoms with Crippen LogP contribution in [0.1, 0.15) is 18.4 Å². The number of carbonyl (C=O) groups is 2. The first-order valence-electron chi connectivity index (χ1n) is 12.3. The highest BCUT2D eigenvalue weighted by Gasteiger charge is 2.20. The van der Waals surface area contributed by atoms with Crippen molar-refractivity contribution in [1.29, 1.82) is 0 Å². The van der Waals surface area contributed by atoms with Crippen LogP contribution in [0, 0.1) is 0 Å². The van der Waals surface area contributed by atoms with Crippen molar-refractivity contribution < 1.29 is 14.3 Å². The quantitative estimate of drug-likeness (QED) is 0.207. The summed E-state index contributed by atoms with van der Waals surface area (Å²) in [6, 6.07) is 23.3. The van der Waals surface area contributed by atoms with Crippen molar-refractivity contribution in [2.75, 3.05) is 13.7 Å². The number of hydrogen-bond acceptors (Lipinski definition) is 4. The van der Waals surface area contributed by atoms with Crippen LogP contribution in [0.5, 0.6) is 5.88 Å². The topological polar surface area (TPSA) is 85.2 Å². The van der Waals surface area contributed by atoms with E-state index in [2.05, 4.69) is 10.6 Å². The lowest BCUT2D eigenvalue weighted by atomic mass is 10.0. The normalized spacial score (nSPS) is 11.6. The van der Waals surface area contributed by atoms with E-state index in [1.165, 1.54) is 7.05 Å². The van der Waals surface area contributed by atoms with Crippen LogP contribution in [0.15, 0.2) is 78.9 Å². The minimum absolute atomic E-state index is 0.176. The van der Waals surface area contributed by atoms with Crippen molar-refractivity contribution in [2.24, 2.45) is 0 Å². The Hall–Kier alpha value is -3.52. The summed E-state index contributed by atoms with van der Waals surface area (Å²) in [5.74, 6) is -0.0346. The zero-order valence-corrected chi connectivity index (χ0v) is 23.4. The average molecular weight is 586 g/mol. The third-order valence-corrected chi connectivity index (χ3v) is 6.89. The van der Waals surface area contributed by atoms with Gasteiger partial charge in [0.15, 0.2) is 0 Å². The molecule has 4 aromatic rings. The largest absolute Gasteiger partial charge is 0.478 e. The number of halogens is 3. The number of nitrogens with one attached hydrogen (secondary N) is 2. The molecule has 4 rings (SSSR count). The Kier molecular flexibility index (Phi) is 9.87. The molecule has 1 heterocycles. The predicted molar refractivity (Wildman–Crippen MR) is 155 cm³/mol. The molecule has 0 unspecified atom stereocenters. The molecule has 2 amide bonds. The molecular formula is C29H27Cl3N4O3. The minimum Gasteiger partial charge on any atom is -0.478 e. The van der Waals surface area contributed by atoms with Crippen LogP contribution in [-0.4, -0.2) is 41.3 Å². The number of carbonyl (C=O) groups excluding carboxylic acids is 2. The molecule has 0 aliphatic carbocycles. The summed E-state index contributed by atoms with van der Waals surface area (Å²) in [5, 5.41) is 11.5. The lowest BCUT2D eigenvalue weighted by Crippen LogP contribution is -2.47. The molecule has 0 spiro atoms. The number of hydrogen-bond donors (Lipinski definition) is 2. The summed E-state index contributed by atoms with van der Waals surface area (Å²) in [6.45, 7) is 0.258. The van der Waals surface area contributed by atoms with Gasteiger partial charge in [-0.2, -0.15) is 5.10 Å². The van der Waals surface area contributed by atoms with Gasteiger partial charge in [0.2, 0.25) is 17.7 Å². The fourth-order valence-electron chi connectivity index (χ4n) is 3.98. The molecule has 0 saturated carbocycles. The van der Waals surface area contributed by atoms with E-state index in [9.17, 15) is 9.59 Å². The Labute approximate surface area is 242 Å². The molecular weight excluding hydrogens is 559 g/mol. The molecule has 2 N–H and O–H groups in total. The van der Waals surface area contributed by atoms with Crippen molar-refractivity contribution in [3.05, 3.63) is 99.5 Å². The Morgan fingerprint density at radius 2 is 1.74 bits per heavy atom. The maximum Gasteiger partial charge on any atom is 0.242 e. The van der Waals surface area contributed by atoms with E-state index >= 15 is 0 Å². The number of nitrogens with zero attached hydrogens (tertiary/aromatic N) is 2. The monoisotopic (exact) mass is 584 g/mol. The van der Waals surface area contributed by atoms with Gasteiger partial charge < -0.3 is 15.4 Å². The van der Waals surface area contributed by atoms with Gasteiger partial charge in [-0.05, 0) is 42.3 Å². The summed E-state index contributed by atoms with van der Waals surface area (Å²) in [5.41, 5.74) is 3.20. The van der Waals surface area contributed by atoms with E-state index in [0.29, 0.717) is 39.5 Å². The van der Waals surface area contributed by atoms with Crippen molar-refractivity contribution >= 4 is 46.6 Å². The summed E-state index contributed by atoms with van der Waals surface area (Å²) in [4.78, 5) is 25.0. The van der Waals surface area contributed by atoms with Gasteiger partial charge in [-0.3, -0.25) is 9.59 Å². The third-order valence-electron chi connectivity index (χ3n) is 5.92. The molecule has 3 aromatic carbocycles. The van der Waals surface area contributed by atoms with Crippen LogP contribution < -0.4 is 15.4 Å². The van der Waals surface area contributed by atoms with Gasteiger partial charge in [0.1, 0.15) is 6.04 Å². The van der Waals surface area contributed by atoms with Crippen molar-refractivity contribution in [2.45, 2.75) is 25.3 Å². The molecule has 0 fully saturated rings. The standard InChI is InChI=1S/C29H27Cl3N4O3/c1-33-29(38)26(16-19-7-5-10-21(30)15-19)34-27(37)11-6-14-39-28-18-25(20-8-3-2-4-9-20)35-36(28)22-12-13-23(31)24(32)17-22/h2-5,7-10,12-13,15,17-18,26H,6,11,14,16H2,1H3,(H,33,38)(H,34,37)/t26-/m0/s1. The molecule has 1 atom stereocenters. The van der Waals surface area contributed by atoms with Gasteiger partial charge in [0.25, 0.3) is 0 Å². The van der Waals surface area contributed by atoms with Crippen LogP contribution in [0.3, 0.4) is 0 Å². The van der Waals surface area contributed by atoms with E-state index in [1.54, 1.807) is 35.0 Å². The number of rotatable bonds is 11. The van der Waals surface area contributed by atoms with Crippen molar-refractivity contribution in [3.8, 4) is 22.8 Å². The van der Waals surface area contributed by atoms with Gasteiger partial charge in [-0.1, -0.05) is 77.3 Å². The number of benzene rings is 3. The van der Waals surface area contributed by atoms with E-state index < -0.39 is 6.04 Å². The second-order valence-corrected chi connectivity index (χ2v) is 10.0. The van der Waals surface area contributed by atoms with E-state index in [-0.39, 0.29) is 24.8 Å². The lowest BCUT2D eigenvalue weighted by molar-refractivity contribution is -0.128. The summed E-state index contributed by atoms with van der Waals surface area (Å²) < 4.78 is 7.70. The maximum absolute atomic E-state index is 12.7. The highest BCUT2D eigenvalue weighted by atomic mass is 35.5. The number of amides is 2. The molecule has 7 nitrogen and oxygen atoms in total. The lowest BCUT2D eigenvalue weighted by Gasteiger charge is -2.17. The summed E-state index contributed by atoms with van der Waals surface area (Å²) in [6.07, 6.45) is 0.930. The molecule has 0 radical (unpaired) electrons. The first kappa shape index (κ1) is 28.5. The van der Waals surface area contributed by atoms with Gasteiger partial charge in [0, 0.05) is 36.5 Å². The second kappa shape index (κ2) is 13.5. The SMILES string of the molecule is CNC(=O)[C@H](Cc1cccc(Cl)c1)NC(=O)CCCOc1cc(-c2ccccc2)nn1-c1ccc(Cl)c(Cl)c1. The zero-order chi connectivity index (χ0) is 27.8. The van der Waals surface area contributed by atoms with Gasteiger partial charge in [0.05, 0.1) is 28.0 Å². The predicted octanol–water partition coefficient (Wildman–Crippen LogP) is 6.13. The summed E-state index contributed by atoms with van der Waals surface area (Å²) in [7, 11) is 1.54. The van der Waals surface area contributed by atoms with Gasteiger partial charge >= 0.3 is 0 Å². The molecule has 0 aliphatic rings.